The van der Waals surface area contributed by atoms with Crippen LogP contribution in [0.5, 0.6) is 0 Å². The molecule has 240 valence electrons. The van der Waals surface area contributed by atoms with Crippen LogP contribution in [0.4, 0.5) is 5.69 Å². The average Bonchev–Trinajstić information content (AvgIpc) is 3.34. The SMILES string of the molecule is CS(=O)(=O)N(Cc1cccc(-c2ccc3c(N)c(C(=O)c4ccc(Cl)cc4Cl)oc3c2)c1)C(=O)[C@@H](N)COCc1ccccc1.Cl. The summed E-state index contributed by atoms with van der Waals surface area (Å²) in [6.07, 6.45) is 0.956. The number of ketones is 1. The predicted octanol–water partition coefficient (Wildman–Crippen LogP) is 6.47. The Balaban J connectivity index is 0.00000480. The van der Waals surface area contributed by atoms with Gasteiger partial charge >= 0.3 is 0 Å². The minimum atomic E-state index is -3.96. The van der Waals surface area contributed by atoms with E-state index < -0.39 is 27.8 Å². The zero-order valence-corrected chi connectivity index (χ0v) is 27.6. The van der Waals surface area contributed by atoms with Crippen LogP contribution in [0.2, 0.25) is 10.0 Å². The number of ether oxygens (including phenoxy) is 1. The lowest BCUT2D eigenvalue weighted by atomic mass is 10.0. The van der Waals surface area contributed by atoms with E-state index in [0.29, 0.717) is 27.1 Å². The van der Waals surface area contributed by atoms with Gasteiger partial charge in [0.05, 0.1) is 36.7 Å². The Labute approximate surface area is 282 Å². The molecule has 1 atom stereocenters. The van der Waals surface area contributed by atoms with Crippen molar-refractivity contribution in [2.45, 2.75) is 19.2 Å². The van der Waals surface area contributed by atoms with Crippen LogP contribution in [0.15, 0.2) is 95.4 Å². The molecule has 0 fully saturated rings. The molecule has 0 radical (unpaired) electrons. The van der Waals surface area contributed by atoms with Crippen LogP contribution < -0.4 is 11.5 Å². The van der Waals surface area contributed by atoms with Gasteiger partial charge in [0, 0.05) is 16.0 Å². The highest BCUT2D eigenvalue weighted by Crippen LogP contribution is 2.35. The molecule has 0 saturated heterocycles. The Kier molecular flexibility index (Phi) is 11.2. The quantitative estimate of drug-likeness (QED) is 0.149. The molecule has 13 heteroatoms. The van der Waals surface area contributed by atoms with Gasteiger partial charge in [-0.25, -0.2) is 12.7 Å². The minimum absolute atomic E-state index is 0. The van der Waals surface area contributed by atoms with E-state index in [4.69, 9.17) is 43.8 Å². The van der Waals surface area contributed by atoms with Gasteiger partial charge in [0.1, 0.15) is 11.6 Å². The molecule has 0 aliphatic rings. The van der Waals surface area contributed by atoms with Gasteiger partial charge in [-0.2, -0.15) is 0 Å². The molecule has 0 spiro atoms. The lowest BCUT2D eigenvalue weighted by Crippen LogP contribution is -2.48. The maximum atomic E-state index is 13.2. The third-order valence-electron chi connectivity index (χ3n) is 7.07. The van der Waals surface area contributed by atoms with Crippen LogP contribution in [-0.4, -0.2) is 43.3 Å². The van der Waals surface area contributed by atoms with Gasteiger partial charge in [0.25, 0.3) is 5.91 Å². The number of anilines is 1. The van der Waals surface area contributed by atoms with Crippen LogP contribution in [0, 0.1) is 0 Å². The van der Waals surface area contributed by atoms with Crippen molar-refractivity contribution in [3.05, 3.63) is 123 Å². The first-order valence-corrected chi connectivity index (χ1v) is 16.3. The summed E-state index contributed by atoms with van der Waals surface area (Å²) in [6.45, 7) is -0.145. The summed E-state index contributed by atoms with van der Waals surface area (Å²) in [6, 6.07) is 25.0. The summed E-state index contributed by atoms with van der Waals surface area (Å²) >= 11 is 12.2. The van der Waals surface area contributed by atoms with E-state index in [-0.39, 0.29) is 54.2 Å². The van der Waals surface area contributed by atoms with Gasteiger partial charge in [0.2, 0.25) is 15.8 Å². The van der Waals surface area contributed by atoms with Gasteiger partial charge in [-0.15, -0.1) is 12.4 Å². The predicted molar refractivity (Wildman–Crippen MR) is 183 cm³/mol. The number of benzene rings is 4. The number of hydrogen-bond acceptors (Lipinski definition) is 8. The fourth-order valence-electron chi connectivity index (χ4n) is 4.77. The molecule has 46 heavy (non-hydrogen) atoms. The van der Waals surface area contributed by atoms with Crippen molar-refractivity contribution in [1.29, 1.82) is 0 Å². The van der Waals surface area contributed by atoms with Gasteiger partial charge < -0.3 is 20.6 Å². The standard InChI is InChI=1S/C33H29Cl2N3O6S.ClH/c1-45(41,42)38(33(40)28(36)19-43-18-20-6-3-2-4-7-20)17-21-8-5-9-22(14-21)23-10-12-26-29(15-23)44-32(30(26)37)31(39)25-13-11-24(34)16-27(25)35;/h2-16,28H,17-19,36-37H2,1H3;1H/t28-;/m0./s1. The number of hydrogen-bond donors (Lipinski definition) is 2. The Hall–Kier alpha value is -3.90. The first-order valence-electron chi connectivity index (χ1n) is 13.7. The Morgan fingerprint density at radius 1 is 0.913 bits per heavy atom. The van der Waals surface area contributed by atoms with Crippen LogP contribution in [0.25, 0.3) is 22.1 Å². The molecule has 1 heterocycles. The maximum Gasteiger partial charge on any atom is 0.255 e. The number of nitrogens with two attached hydrogens (primary N) is 2. The van der Waals surface area contributed by atoms with Gasteiger partial charge in [-0.3, -0.25) is 9.59 Å². The molecule has 1 amide bonds. The lowest BCUT2D eigenvalue weighted by Gasteiger charge is -2.24. The second-order valence-corrected chi connectivity index (χ2v) is 13.2. The molecule has 0 bridgehead atoms. The summed E-state index contributed by atoms with van der Waals surface area (Å²) in [5, 5.41) is 1.11. The summed E-state index contributed by atoms with van der Waals surface area (Å²) in [5.74, 6) is -1.31. The molecule has 5 rings (SSSR count). The first-order chi connectivity index (χ1) is 21.4. The number of carbonyl (C=O) groups excluding carboxylic acids is 2. The molecule has 5 aromatic rings. The number of furan rings is 1. The van der Waals surface area contributed by atoms with Crippen LogP contribution in [-0.2, 0) is 32.7 Å². The van der Waals surface area contributed by atoms with Crippen LogP contribution in [0.3, 0.4) is 0 Å². The maximum absolute atomic E-state index is 13.2. The minimum Gasteiger partial charge on any atom is -0.450 e. The lowest BCUT2D eigenvalue weighted by molar-refractivity contribution is -0.129. The van der Waals surface area contributed by atoms with E-state index in [1.165, 1.54) is 12.1 Å². The topological polar surface area (TPSA) is 146 Å². The van der Waals surface area contributed by atoms with E-state index in [1.54, 1.807) is 42.5 Å². The normalized spacial score (nSPS) is 12.0. The third-order valence-corrected chi connectivity index (χ3v) is 8.73. The van der Waals surface area contributed by atoms with E-state index >= 15 is 0 Å². The van der Waals surface area contributed by atoms with Gasteiger partial charge in [-0.05, 0) is 58.7 Å². The molecule has 0 aliphatic carbocycles. The van der Waals surface area contributed by atoms with Crippen molar-refractivity contribution < 1.29 is 27.2 Å². The van der Waals surface area contributed by atoms with Crippen molar-refractivity contribution in [3.8, 4) is 11.1 Å². The van der Waals surface area contributed by atoms with Crippen LogP contribution >= 0.6 is 35.6 Å². The summed E-state index contributed by atoms with van der Waals surface area (Å²) in [5.41, 5.74) is 16.0. The van der Waals surface area contributed by atoms with Crippen molar-refractivity contribution in [2.24, 2.45) is 5.73 Å². The first kappa shape index (κ1) is 35.0. The number of nitrogens with zero attached hydrogens (tertiary/aromatic N) is 1. The number of halogens is 3. The van der Waals surface area contributed by atoms with Gasteiger partial charge in [-0.1, -0.05) is 77.8 Å². The van der Waals surface area contributed by atoms with Crippen molar-refractivity contribution >= 4 is 74.0 Å². The smallest absolute Gasteiger partial charge is 0.255 e. The van der Waals surface area contributed by atoms with Gasteiger partial charge in [0.15, 0.2) is 5.76 Å². The highest BCUT2D eigenvalue weighted by atomic mass is 35.5. The van der Waals surface area contributed by atoms with Crippen molar-refractivity contribution in [2.75, 3.05) is 18.6 Å². The number of amides is 1. The number of carbonyl (C=O) groups is 2. The highest BCUT2D eigenvalue weighted by Gasteiger charge is 2.29. The molecule has 0 saturated carbocycles. The molecular formula is C33H30Cl3N3O6S. The number of sulfonamides is 1. The van der Waals surface area contributed by atoms with E-state index in [2.05, 4.69) is 0 Å². The number of fused-ring (bicyclic) bond motifs is 1. The zero-order valence-electron chi connectivity index (χ0n) is 24.5. The van der Waals surface area contributed by atoms with Crippen LogP contribution in [0.1, 0.15) is 27.2 Å². The molecule has 4 N–H and O–H groups in total. The van der Waals surface area contributed by atoms with E-state index in [9.17, 15) is 18.0 Å². The highest BCUT2D eigenvalue weighted by molar-refractivity contribution is 7.88. The monoisotopic (exact) mass is 701 g/mol. The molecule has 4 aromatic carbocycles. The Morgan fingerprint density at radius 2 is 1.61 bits per heavy atom. The molecular weight excluding hydrogens is 673 g/mol. The summed E-state index contributed by atoms with van der Waals surface area (Å²) in [7, 11) is -3.96. The fourth-order valence-corrected chi connectivity index (χ4v) is 6.11. The molecule has 9 nitrogen and oxygen atoms in total. The number of rotatable bonds is 11. The Morgan fingerprint density at radius 3 is 2.30 bits per heavy atom. The zero-order chi connectivity index (χ0) is 32.3. The second-order valence-electron chi connectivity index (χ2n) is 10.4. The number of nitrogen functional groups attached to an aromatic ring is 1. The second kappa shape index (κ2) is 14.7. The Bertz CT molecular complexity index is 2000. The van der Waals surface area contributed by atoms with E-state index in [0.717, 1.165) is 21.7 Å². The molecule has 0 unspecified atom stereocenters. The molecule has 1 aromatic heterocycles. The van der Waals surface area contributed by atoms with Crippen molar-refractivity contribution in [3.63, 3.8) is 0 Å². The fraction of sp³-hybridized carbons (Fsp3) is 0.152. The molecule has 0 aliphatic heterocycles. The van der Waals surface area contributed by atoms with E-state index in [1.807, 2.05) is 36.4 Å². The average molecular weight is 703 g/mol. The van der Waals surface area contributed by atoms with Crippen molar-refractivity contribution in [1.82, 2.24) is 4.31 Å². The largest absolute Gasteiger partial charge is 0.450 e. The summed E-state index contributed by atoms with van der Waals surface area (Å²) in [4.78, 5) is 26.3. The third kappa shape index (κ3) is 7.90. The summed E-state index contributed by atoms with van der Waals surface area (Å²) < 4.78 is 37.5.